The molecule has 0 aromatic rings. The van der Waals surface area contributed by atoms with Gasteiger partial charge in [0.05, 0.1) is 18.1 Å². The highest BCUT2D eigenvalue weighted by atomic mass is 35.5. The van der Waals surface area contributed by atoms with Crippen LogP contribution in [0.2, 0.25) is 0 Å². The summed E-state index contributed by atoms with van der Waals surface area (Å²) in [4.78, 5) is 0. The van der Waals surface area contributed by atoms with Crippen LogP contribution in [0.1, 0.15) is 51.9 Å². The van der Waals surface area contributed by atoms with Gasteiger partial charge in [-0.3, -0.25) is 0 Å². The van der Waals surface area contributed by atoms with Crippen LogP contribution < -0.4 is 0 Å². The largest absolute Gasteiger partial charge is 0.376 e. The molecule has 0 heterocycles. The second kappa shape index (κ2) is 9.61. The molecule has 0 saturated heterocycles. The molecule has 0 amide bonds. The summed E-state index contributed by atoms with van der Waals surface area (Å²) in [6.45, 7) is 3.14. The van der Waals surface area contributed by atoms with Crippen LogP contribution in [0.5, 0.6) is 0 Å². The third-order valence-electron chi connectivity index (χ3n) is 3.07. The van der Waals surface area contributed by atoms with E-state index in [1.807, 2.05) is 11.8 Å². The lowest BCUT2D eigenvalue weighted by Gasteiger charge is -2.14. The molecular weight excluding hydrogens is 240 g/mol. The predicted molar refractivity (Wildman–Crippen MR) is 74.7 cm³/mol. The third-order valence-corrected chi connectivity index (χ3v) is 4.61. The normalized spacial score (nSPS) is 25.1. The Bertz CT molecular complexity index is 166. The Labute approximate surface area is 110 Å². The predicted octanol–water partition coefficient (Wildman–Crippen LogP) is 4.48. The van der Waals surface area contributed by atoms with Gasteiger partial charge in [0.15, 0.2) is 0 Å². The molecule has 0 aliphatic heterocycles. The van der Waals surface area contributed by atoms with Crippen LogP contribution in [0.25, 0.3) is 0 Å². The first-order valence-corrected chi connectivity index (χ1v) is 8.27. The van der Waals surface area contributed by atoms with Crippen LogP contribution in [0.3, 0.4) is 0 Å². The Morgan fingerprint density at radius 3 is 2.75 bits per heavy atom. The third kappa shape index (κ3) is 6.36. The van der Waals surface area contributed by atoms with E-state index in [2.05, 4.69) is 6.92 Å². The number of ether oxygens (including phenoxy) is 1. The van der Waals surface area contributed by atoms with E-state index in [-0.39, 0.29) is 5.38 Å². The van der Waals surface area contributed by atoms with Gasteiger partial charge in [-0.25, -0.2) is 0 Å². The van der Waals surface area contributed by atoms with Crippen molar-refractivity contribution in [2.24, 2.45) is 0 Å². The summed E-state index contributed by atoms with van der Waals surface area (Å²) in [6.07, 6.45) is 9.33. The fourth-order valence-electron chi connectivity index (χ4n) is 2.06. The van der Waals surface area contributed by atoms with Crippen LogP contribution in [0.4, 0.5) is 0 Å². The number of halogens is 1. The molecule has 16 heavy (non-hydrogen) atoms. The zero-order valence-corrected chi connectivity index (χ0v) is 12.0. The maximum absolute atomic E-state index is 6.14. The van der Waals surface area contributed by atoms with Gasteiger partial charge in [0, 0.05) is 5.75 Å². The minimum Gasteiger partial charge on any atom is -0.376 e. The molecule has 96 valence electrons. The highest BCUT2D eigenvalue weighted by Crippen LogP contribution is 2.26. The highest BCUT2D eigenvalue weighted by Gasteiger charge is 2.25. The number of hydrogen-bond donors (Lipinski definition) is 0. The quantitative estimate of drug-likeness (QED) is 0.449. The molecule has 1 unspecified atom stereocenters. The molecule has 1 nitrogen and oxygen atoms in total. The topological polar surface area (TPSA) is 9.23 Å². The first kappa shape index (κ1) is 14.7. The molecule has 1 aliphatic carbocycles. The van der Waals surface area contributed by atoms with Gasteiger partial charge >= 0.3 is 0 Å². The first-order chi connectivity index (χ1) is 7.84. The average Bonchev–Trinajstić information content (AvgIpc) is 2.68. The maximum atomic E-state index is 6.14. The molecule has 0 spiro atoms. The molecule has 3 heteroatoms. The zero-order chi connectivity index (χ0) is 11.6. The Kier molecular flexibility index (Phi) is 8.81. The van der Waals surface area contributed by atoms with Crippen molar-refractivity contribution >= 4 is 23.4 Å². The van der Waals surface area contributed by atoms with Crippen molar-refractivity contribution in [3.05, 3.63) is 0 Å². The van der Waals surface area contributed by atoms with E-state index >= 15 is 0 Å². The standard InChI is InChI=1S/C13H25ClOS/c1-2-3-4-5-10-16-11-9-15-13-8-6-7-12(13)14/h12-13H,2-11H2,1H3/t12-,13?/m0/s1. The van der Waals surface area contributed by atoms with Crippen LogP contribution >= 0.6 is 23.4 Å². The van der Waals surface area contributed by atoms with Crippen molar-refractivity contribution in [1.29, 1.82) is 0 Å². The molecule has 2 atom stereocenters. The highest BCUT2D eigenvalue weighted by molar-refractivity contribution is 7.99. The molecule has 0 aromatic heterocycles. The van der Waals surface area contributed by atoms with Gasteiger partial charge in [-0.2, -0.15) is 11.8 Å². The Balaban J connectivity index is 1.81. The molecule has 1 fully saturated rings. The van der Waals surface area contributed by atoms with Crippen LogP contribution in [0.15, 0.2) is 0 Å². The Morgan fingerprint density at radius 1 is 1.19 bits per heavy atom. The Morgan fingerprint density at radius 2 is 2.06 bits per heavy atom. The zero-order valence-electron chi connectivity index (χ0n) is 10.4. The number of rotatable bonds is 9. The minimum absolute atomic E-state index is 0.273. The molecule has 0 aromatic carbocycles. The fraction of sp³-hybridized carbons (Fsp3) is 1.00. The van der Waals surface area contributed by atoms with Gasteiger partial charge < -0.3 is 4.74 Å². The van der Waals surface area contributed by atoms with Crippen molar-refractivity contribution < 1.29 is 4.74 Å². The molecule has 1 rings (SSSR count). The molecule has 1 aliphatic rings. The first-order valence-electron chi connectivity index (χ1n) is 6.68. The lowest BCUT2D eigenvalue weighted by molar-refractivity contribution is 0.0727. The van der Waals surface area contributed by atoms with Gasteiger partial charge in [0.2, 0.25) is 0 Å². The van der Waals surface area contributed by atoms with E-state index in [4.69, 9.17) is 16.3 Å². The van der Waals surface area contributed by atoms with Gasteiger partial charge in [-0.1, -0.05) is 26.2 Å². The van der Waals surface area contributed by atoms with Crippen molar-refractivity contribution in [2.45, 2.75) is 63.4 Å². The van der Waals surface area contributed by atoms with E-state index in [9.17, 15) is 0 Å². The summed E-state index contributed by atoms with van der Waals surface area (Å²) in [7, 11) is 0. The van der Waals surface area contributed by atoms with Crippen molar-refractivity contribution in [3.63, 3.8) is 0 Å². The smallest absolute Gasteiger partial charge is 0.0739 e. The van der Waals surface area contributed by atoms with E-state index in [0.717, 1.165) is 25.2 Å². The molecular formula is C13H25ClOS. The van der Waals surface area contributed by atoms with Crippen molar-refractivity contribution in [3.8, 4) is 0 Å². The van der Waals surface area contributed by atoms with E-state index < -0.39 is 0 Å². The number of thioether (sulfide) groups is 1. The lowest BCUT2D eigenvalue weighted by Crippen LogP contribution is -2.19. The summed E-state index contributed by atoms with van der Waals surface area (Å²) in [5.74, 6) is 2.42. The van der Waals surface area contributed by atoms with Crippen LogP contribution in [0, 0.1) is 0 Å². The van der Waals surface area contributed by atoms with Gasteiger partial charge in [-0.05, 0) is 31.4 Å². The molecule has 0 N–H and O–H groups in total. The average molecular weight is 265 g/mol. The van der Waals surface area contributed by atoms with Crippen LogP contribution in [-0.4, -0.2) is 29.6 Å². The maximum Gasteiger partial charge on any atom is 0.0739 e. The van der Waals surface area contributed by atoms with E-state index in [1.165, 1.54) is 37.9 Å². The van der Waals surface area contributed by atoms with Gasteiger partial charge in [0.25, 0.3) is 0 Å². The minimum atomic E-state index is 0.273. The second-order valence-electron chi connectivity index (χ2n) is 4.53. The van der Waals surface area contributed by atoms with E-state index in [0.29, 0.717) is 6.10 Å². The molecule has 0 bridgehead atoms. The van der Waals surface area contributed by atoms with Gasteiger partial charge in [0.1, 0.15) is 0 Å². The number of hydrogen-bond acceptors (Lipinski definition) is 2. The molecule has 0 radical (unpaired) electrons. The number of unbranched alkanes of at least 4 members (excludes halogenated alkanes) is 3. The monoisotopic (exact) mass is 264 g/mol. The SMILES string of the molecule is CCCCCCSCCOC1CCC[C@@H]1Cl. The summed E-state index contributed by atoms with van der Waals surface area (Å²) in [6, 6.07) is 0. The van der Waals surface area contributed by atoms with Crippen molar-refractivity contribution in [1.82, 2.24) is 0 Å². The van der Waals surface area contributed by atoms with Crippen LogP contribution in [-0.2, 0) is 4.74 Å². The summed E-state index contributed by atoms with van der Waals surface area (Å²) >= 11 is 8.16. The summed E-state index contributed by atoms with van der Waals surface area (Å²) in [5.41, 5.74) is 0. The van der Waals surface area contributed by atoms with Crippen molar-refractivity contribution in [2.75, 3.05) is 18.1 Å². The summed E-state index contributed by atoms with van der Waals surface area (Å²) < 4.78 is 5.79. The van der Waals surface area contributed by atoms with E-state index in [1.54, 1.807) is 0 Å². The fourth-order valence-corrected chi connectivity index (χ4v) is 3.24. The second-order valence-corrected chi connectivity index (χ2v) is 6.31. The Hall–Kier alpha value is 0.600. The summed E-state index contributed by atoms with van der Waals surface area (Å²) in [5, 5.41) is 0.273. The molecule has 1 saturated carbocycles. The van der Waals surface area contributed by atoms with Gasteiger partial charge in [-0.15, -0.1) is 11.6 Å². The lowest BCUT2D eigenvalue weighted by atomic mass is 10.2. The number of alkyl halides is 1.